The van der Waals surface area contributed by atoms with Gasteiger partial charge in [-0.25, -0.2) is 5.84 Å². The Balaban J connectivity index is 3.54. The molecule has 0 bridgehead atoms. The van der Waals surface area contributed by atoms with Crippen LogP contribution in [0.5, 0.6) is 0 Å². The Morgan fingerprint density at radius 1 is 1.46 bits per heavy atom. The highest BCUT2D eigenvalue weighted by Crippen LogP contribution is 2.02. The fraction of sp³-hybridized carbons (Fsp3) is 0.889. The van der Waals surface area contributed by atoms with Gasteiger partial charge in [-0.1, -0.05) is 26.2 Å². The van der Waals surface area contributed by atoms with Crippen LogP contribution in [0, 0.1) is 0 Å². The number of guanidine groups is 1. The summed E-state index contributed by atoms with van der Waals surface area (Å²) in [5, 5.41) is 3.19. The lowest BCUT2D eigenvalue weighted by atomic mass is 10.1. The van der Waals surface area contributed by atoms with Gasteiger partial charge in [-0.2, -0.15) is 0 Å². The number of nitrogens with two attached hydrogens (primary N) is 1. The third-order valence-corrected chi connectivity index (χ3v) is 1.98. The predicted molar refractivity (Wildman–Crippen MR) is 57.4 cm³/mol. The molecule has 0 spiro atoms. The predicted octanol–water partition coefficient (Wildman–Crippen LogP) is 0.994. The van der Waals surface area contributed by atoms with E-state index in [0.717, 1.165) is 6.42 Å². The maximum absolute atomic E-state index is 5.24. The average molecular weight is 186 g/mol. The molecule has 4 nitrogen and oxygen atoms in total. The van der Waals surface area contributed by atoms with Crippen LogP contribution in [0.15, 0.2) is 4.99 Å². The minimum Gasteiger partial charge on any atom is -0.353 e. The van der Waals surface area contributed by atoms with E-state index in [1.807, 2.05) is 0 Å². The van der Waals surface area contributed by atoms with Crippen LogP contribution in [0.3, 0.4) is 0 Å². The van der Waals surface area contributed by atoms with Gasteiger partial charge in [0.15, 0.2) is 0 Å². The Bertz CT molecular complexity index is 145. The van der Waals surface area contributed by atoms with E-state index in [9.17, 15) is 0 Å². The second-order valence-corrected chi connectivity index (χ2v) is 3.26. The molecule has 0 aromatic rings. The summed E-state index contributed by atoms with van der Waals surface area (Å²) >= 11 is 0. The molecule has 0 saturated carbocycles. The van der Waals surface area contributed by atoms with Gasteiger partial charge < -0.3 is 5.32 Å². The molecular formula is C9H22N4. The molecule has 0 saturated heterocycles. The molecule has 0 heterocycles. The maximum Gasteiger partial charge on any atom is 0.205 e. The van der Waals surface area contributed by atoms with Crippen molar-refractivity contribution >= 4 is 5.96 Å². The van der Waals surface area contributed by atoms with Gasteiger partial charge in [0.05, 0.1) is 0 Å². The van der Waals surface area contributed by atoms with E-state index < -0.39 is 0 Å². The number of hydrazine groups is 1. The fourth-order valence-electron chi connectivity index (χ4n) is 1.18. The summed E-state index contributed by atoms with van der Waals surface area (Å²) in [6.07, 6.45) is 4.97. The van der Waals surface area contributed by atoms with Crippen molar-refractivity contribution in [3.8, 4) is 0 Å². The number of nitrogens with zero attached hydrogens (tertiary/aromatic N) is 1. The molecule has 0 aromatic heterocycles. The van der Waals surface area contributed by atoms with Crippen LogP contribution >= 0.6 is 0 Å². The normalized spacial score (nSPS) is 14.0. The van der Waals surface area contributed by atoms with Crippen LogP contribution in [-0.4, -0.2) is 19.0 Å². The van der Waals surface area contributed by atoms with Crippen LogP contribution in [0.25, 0.3) is 0 Å². The summed E-state index contributed by atoms with van der Waals surface area (Å²) in [6.45, 7) is 4.34. The van der Waals surface area contributed by atoms with E-state index in [0.29, 0.717) is 12.0 Å². The molecule has 1 atom stereocenters. The Kier molecular flexibility index (Phi) is 7.39. The molecule has 0 aliphatic heterocycles. The Hall–Kier alpha value is -0.770. The Morgan fingerprint density at radius 3 is 2.62 bits per heavy atom. The van der Waals surface area contributed by atoms with Gasteiger partial charge in [-0.3, -0.25) is 10.4 Å². The lowest BCUT2D eigenvalue weighted by molar-refractivity contribution is 0.547. The van der Waals surface area contributed by atoms with Crippen molar-refractivity contribution in [2.45, 2.75) is 45.6 Å². The topological polar surface area (TPSA) is 62.4 Å². The molecule has 0 aliphatic carbocycles. The van der Waals surface area contributed by atoms with Crippen molar-refractivity contribution in [2.75, 3.05) is 7.05 Å². The number of unbranched alkanes of at least 4 members (excludes halogenated alkanes) is 2. The first kappa shape index (κ1) is 12.2. The van der Waals surface area contributed by atoms with Gasteiger partial charge in [0.25, 0.3) is 0 Å². The minimum absolute atomic E-state index is 0.432. The molecule has 1 unspecified atom stereocenters. The molecule has 0 aromatic carbocycles. The molecule has 4 heteroatoms. The van der Waals surface area contributed by atoms with Crippen LogP contribution in [0.1, 0.15) is 39.5 Å². The molecule has 13 heavy (non-hydrogen) atoms. The Morgan fingerprint density at radius 2 is 2.15 bits per heavy atom. The highest BCUT2D eigenvalue weighted by Gasteiger charge is 2.02. The highest BCUT2D eigenvalue weighted by atomic mass is 15.3. The van der Waals surface area contributed by atoms with E-state index >= 15 is 0 Å². The summed E-state index contributed by atoms with van der Waals surface area (Å²) in [4.78, 5) is 3.94. The number of nitrogens with one attached hydrogen (secondary N) is 2. The molecule has 0 rings (SSSR count). The summed E-state index contributed by atoms with van der Waals surface area (Å²) in [7, 11) is 1.71. The zero-order chi connectivity index (χ0) is 10.1. The van der Waals surface area contributed by atoms with Gasteiger partial charge >= 0.3 is 0 Å². The van der Waals surface area contributed by atoms with Crippen molar-refractivity contribution in [1.82, 2.24) is 10.7 Å². The van der Waals surface area contributed by atoms with Crippen molar-refractivity contribution in [2.24, 2.45) is 10.8 Å². The van der Waals surface area contributed by atoms with Crippen molar-refractivity contribution in [1.29, 1.82) is 0 Å². The van der Waals surface area contributed by atoms with Crippen LogP contribution in [0.2, 0.25) is 0 Å². The average Bonchev–Trinajstić information content (AvgIpc) is 2.14. The van der Waals surface area contributed by atoms with Crippen LogP contribution in [-0.2, 0) is 0 Å². The smallest absolute Gasteiger partial charge is 0.205 e. The molecule has 0 fully saturated rings. The highest BCUT2D eigenvalue weighted by molar-refractivity contribution is 5.79. The molecular weight excluding hydrogens is 164 g/mol. The number of aliphatic imine (C=N–C) groups is 1. The van der Waals surface area contributed by atoms with Gasteiger partial charge in [0.1, 0.15) is 0 Å². The molecule has 0 amide bonds. The molecule has 0 radical (unpaired) electrons. The van der Waals surface area contributed by atoms with Gasteiger partial charge in [0.2, 0.25) is 5.96 Å². The summed E-state index contributed by atoms with van der Waals surface area (Å²) in [5.41, 5.74) is 2.51. The number of hydrogen-bond acceptors (Lipinski definition) is 2. The second-order valence-electron chi connectivity index (χ2n) is 3.26. The first-order valence-electron chi connectivity index (χ1n) is 4.94. The zero-order valence-corrected chi connectivity index (χ0v) is 8.93. The molecule has 78 valence electrons. The second kappa shape index (κ2) is 7.86. The standard InChI is InChI=1S/C9H22N4/c1-4-5-6-7-8(2)12-9(11-3)13-10/h8H,4-7,10H2,1-3H3,(H2,11,12,13). The lowest BCUT2D eigenvalue weighted by Gasteiger charge is -2.15. The first-order chi connectivity index (χ1) is 6.24. The van der Waals surface area contributed by atoms with E-state index in [4.69, 9.17) is 5.84 Å². The first-order valence-corrected chi connectivity index (χ1v) is 4.94. The number of rotatable bonds is 5. The van der Waals surface area contributed by atoms with Gasteiger partial charge in [-0.05, 0) is 13.3 Å². The largest absolute Gasteiger partial charge is 0.353 e. The molecule has 4 N–H and O–H groups in total. The maximum atomic E-state index is 5.24. The SMILES string of the molecule is CCCCCC(C)NC(=NC)NN. The monoisotopic (exact) mass is 186 g/mol. The molecule has 0 aliphatic rings. The van der Waals surface area contributed by atoms with Gasteiger partial charge in [0, 0.05) is 13.1 Å². The minimum atomic E-state index is 0.432. The Labute approximate surface area is 81.0 Å². The van der Waals surface area contributed by atoms with Crippen molar-refractivity contribution < 1.29 is 0 Å². The summed E-state index contributed by atoms with van der Waals surface area (Å²) < 4.78 is 0. The van der Waals surface area contributed by atoms with Crippen molar-refractivity contribution in [3.05, 3.63) is 0 Å². The van der Waals surface area contributed by atoms with E-state index in [-0.39, 0.29) is 0 Å². The third kappa shape index (κ3) is 6.40. The van der Waals surface area contributed by atoms with E-state index in [1.54, 1.807) is 7.05 Å². The zero-order valence-electron chi connectivity index (χ0n) is 8.93. The van der Waals surface area contributed by atoms with Crippen LogP contribution < -0.4 is 16.6 Å². The van der Waals surface area contributed by atoms with Crippen molar-refractivity contribution in [3.63, 3.8) is 0 Å². The quantitative estimate of drug-likeness (QED) is 0.197. The summed E-state index contributed by atoms with van der Waals surface area (Å²) in [5.74, 6) is 5.90. The lowest BCUT2D eigenvalue weighted by Crippen LogP contribution is -2.45. The van der Waals surface area contributed by atoms with E-state index in [2.05, 4.69) is 29.6 Å². The third-order valence-electron chi connectivity index (χ3n) is 1.98. The fourth-order valence-corrected chi connectivity index (χ4v) is 1.18. The van der Waals surface area contributed by atoms with Crippen LogP contribution in [0.4, 0.5) is 0 Å². The number of hydrogen-bond donors (Lipinski definition) is 3. The summed E-state index contributed by atoms with van der Waals surface area (Å²) in [6, 6.07) is 0.432. The van der Waals surface area contributed by atoms with E-state index in [1.165, 1.54) is 19.3 Å². The van der Waals surface area contributed by atoms with Gasteiger partial charge in [-0.15, -0.1) is 0 Å².